The average Bonchev–Trinajstić information content (AvgIpc) is 2.89. The molecule has 1 N–H and O–H groups in total. The van der Waals surface area contributed by atoms with Gasteiger partial charge in [0.2, 0.25) is 5.88 Å². The van der Waals surface area contributed by atoms with E-state index in [9.17, 15) is 4.79 Å². The Morgan fingerprint density at radius 3 is 2.44 bits per heavy atom. The van der Waals surface area contributed by atoms with Crippen molar-refractivity contribution in [3.8, 4) is 17.4 Å². The van der Waals surface area contributed by atoms with Gasteiger partial charge in [0, 0.05) is 12.1 Å². The highest BCUT2D eigenvalue weighted by molar-refractivity contribution is 6.30. The van der Waals surface area contributed by atoms with Crippen LogP contribution in [0.4, 0.5) is 0 Å². The summed E-state index contributed by atoms with van der Waals surface area (Å²) in [6.45, 7) is 1.73. The molecule has 0 radical (unpaired) electrons. The van der Waals surface area contributed by atoms with Crippen LogP contribution in [0.3, 0.4) is 0 Å². The molecule has 3 aromatic rings. The molecule has 1 heterocycles. The highest BCUT2D eigenvalue weighted by atomic mass is 35.5. The summed E-state index contributed by atoms with van der Waals surface area (Å²) in [6.07, 6.45) is 0. The number of aromatic nitrogens is 2. The number of hydrogen-bond acceptors (Lipinski definition) is 4. The van der Waals surface area contributed by atoms with Crippen molar-refractivity contribution < 1.29 is 14.4 Å². The molecule has 0 aliphatic carbocycles. The number of halogens is 1. The summed E-state index contributed by atoms with van der Waals surface area (Å²) in [5, 5.41) is 4.85. The van der Waals surface area contributed by atoms with Gasteiger partial charge in [0.05, 0.1) is 5.69 Å². The summed E-state index contributed by atoms with van der Waals surface area (Å²) in [5.41, 5.74) is 3.24. The van der Waals surface area contributed by atoms with Crippen molar-refractivity contribution in [2.75, 3.05) is 0 Å². The number of hydrogen-bond donors (Lipinski definition) is 1. The van der Waals surface area contributed by atoms with Crippen LogP contribution in [0, 0.1) is 6.92 Å². The number of carbonyl (C=O) groups excluding carboxylic acids is 1. The summed E-state index contributed by atoms with van der Waals surface area (Å²) in [6, 6.07) is 15.8. The average molecular weight is 358 g/mol. The van der Waals surface area contributed by atoms with E-state index in [0.29, 0.717) is 33.7 Å². The molecule has 0 saturated heterocycles. The predicted octanol–water partition coefficient (Wildman–Crippen LogP) is 3.90. The molecule has 0 aliphatic rings. The number of benzene rings is 2. The molecule has 6 nitrogen and oxygen atoms in total. The first-order chi connectivity index (χ1) is 12.0. The van der Waals surface area contributed by atoms with Crippen LogP contribution in [0.15, 0.2) is 54.6 Å². The Morgan fingerprint density at radius 2 is 1.76 bits per heavy atom. The zero-order chi connectivity index (χ0) is 17.8. The Hall–Kier alpha value is -2.99. The number of amides is 1. The molecular formula is C18H16ClN3O3. The highest BCUT2D eigenvalue weighted by Crippen LogP contribution is 2.28. The Morgan fingerprint density at radius 1 is 1.08 bits per heavy atom. The third-order valence-electron chi connectivity index (χ3n) is 3.43. The first-order valence-electron chi connectivity index (χ1n) is 7.54. The van der Waals surface area contributed by atoms with E-state index < -0.39 is 5.91 Å². The summed E-state index contributed by atoms with van der Waals surface area (Å²) in [7, 11) is 1.70. The number of hydroxylamine groups is 1. The summed E-state index contributed by atoms with van der Waals surface area (Å²) in [4.78, 5) is 17.8. The lowest BCUT2D eigenvalue weighted by Gasteiger charge is -2.10. The van der Waals surface area contributed by atoms with E-state index in [1.165, 1.54) is 4.68 Å². The minimum absolute atomic E-state index is 0.299. The molecule has 0 saturated carbocycles. The fourth-order valence-corrected chi connectivity index (χ4v) is 2.40. The van der Waals surface area contributed by atoms with Crippen LogP contribution in [0.1, 0.15) is 16.1 Å². The van der Waals surface area contributed by atoms with Crippen LogP contribution in [0.25, 0.3) is 0 Å². The van der Waals surface area contributed by atoms with Gasteiger partial charge in [-0.05, 0) is 43.3 Å². The molecule has 0 aliphatic heterocycles. The molecule has 0 atom stereocenters. The van der Waals surface area contributed by atoms with Gasteiger partial charge in [0.25, 0.3) is 5.91 Å². The fraction of sp³-hybridized carbons (Fsp3) is 0.111. The molecule has 25 heavy (non-hydrogen) atoms. The number of ether oxygens (including phenoxy) is 1. The van der Waals surface area contributed by atoms with Crippen molar-refractivity contribution in [2.45, 2.75) is 6.92 Å². The molecule has 0 fully saturated rings. The van der Waals surface area contributed by atoms with E-state index in [1.807, 2.05) is 18.2 Å². The molecule has 128 valence electrons. The lowest BCUT2D eigenvalue weighted by atomic mass is 10.2. The van der Waals surface area contributed by atoms with Crippen LogP contribution in [-0.2, 0) is 7.05 Å². The van der Waals surface area contributed by atoms with Crippen LogP contribution < -0.4 is 15.1 Å². The second kappa shape index (κ2) is 7.27. The molecule has 7 heteroatoms. The maximum Gasteiger partial charge on any atom is 0.291 e. The fourth-order valence-electron chi connectivity index (χ4n) is 2.27. The van der Waals surface area contributed by atoms with E-state index in [-0.39, 0.29) is 0 Å². The minimum atomic E-state index is -0.446. The van der Waals surface area contributed by atoms with Gasteiger partial charge in [0.1, 0.15) is 11.3 Å². The molecule has 0 unspecified atom stereocenters. The van der Waals surface area contributed by atoms with E-state index in [1.54, 1.807) is 50.4 Å². The summed E-state index contributed by atoms with van der Waals surface area (Å²) in [5.74, 6) is 0.940. The van der Waals surface area contributed by atoms with Gasteiger partial charge in [-0.25, -0.2) is 4.68 Å². The molecule has 2 aromatic carbocycles. The van der Waals surface area contributed by atoms with E-state index in [0.717, 1.165) is 0 Å². The number of rotatable bonds is 5. The maximum absolute atomic E-state index is 12.5. The number of nitrogens with zero attached hydrogens (tertiary/aromatic N) is 2. The molecule has 0 spiro atoms. The summed E-state index contributed by atoms with van der Waals surface area (Å²) < 4.78 is 7.32. The smallest absolute Gasteiger partial charge is 0.291 e. The number of nitrogens with one attached hydrogen (secondary N) is 1. The van der Waals surface area contributed by atoms with Gasteiger partial charge >= 0.3 is 0 Å². The van der Waals surface area contributed by atoms with Gasteiger partial charge in [0.15, 0.2) is 5.75 Å². The number of para-hydroxylation sites is 1. The second-order valence-corrected chi connectivity index (χ2v) is 5.73. The van der Waals surface area contributed by atoms with Crippen LogP contribution in [-0.4, -0.2) is 15.7 Å². The highest BCUT2D eigenvalue weighted by Gasteiger charge is 2.23. The van der Waals surface area contributed by atoms with E-state index in [4.69, 9.17) is 21.2 Å². The lowest BCUT2D eigenvalue weighted by molar-refractivity contribution is 0.0756. The third-order valence-corrected chi connectivity index (χ3v) is 3.68. The lowest BCUT2D eigenvalue weighted by Crippen LogP contribution is -2.27. The van der Waals surface area contributed by atoms with Gasteiger partial charge in [-0.3, -0.25) is 4.79 Å². The normalized spacial score (nSPS) is 10.4. The van der Waals surface area contributed by atoms with Gasteiger partial charge in [-0.1, -0.05) is 29.8 Å². The van der Waals surface area contributed by atoms with Crippen molar-refractivity contribution in [3.63, 3.8) is 0 Å². The van der Waals surface area contributed by atoms with E-state index >= 15 is 0 Å². The van der Waals surface area contributed by atoms with Gasteiger partial charge < -0.3 is 9.57 Å². The van der Waals surface area contributed by atoms with Crippen molar-refractivity contribution >= 4 is 17.5 Å². The zero-order valence-corrected chi connectivity index (χ0v) is 14.4. The SMILES string of the molecule is Cc1nn(C)c(Oc2ccc(Cl)cc2)c1C(=O)NOc1ccccc1. The molecule has 0 bridgehead atoms. The molecular weight excluding hydrogens is 342 g/mol. The Balaban J connectivity index is 1.80. The first-order valence-corrected chi connectivity index (χ1v) is 7.91. The van der Waals surface area contributed by atoms with Crippen LogP contribution in [0.5, 0.6) is 17.4 Å². The van der Waals surface area contributed by atoms with Gasteiger partial charge in [-0.2, -0.15) is 10.6 Å². The predicted molar refractivity (Wildman–Crippen MR) is 94.0 cm³/mol. The number of carbonyl (C=O) groups is 1. The van der Waals surface area contributed by atoms with Crippen molar-refractivity contribution in [1.29, 1.82) is 0 Å². The third kappa shape index (κ3) is 3.92. The largest absolute Gasteiger partial charge is 0.438 e. The zero-order valence-electron chi connectivity index (χ0n) is 13.7. The maximum atomic E-state index is 12.5. The topological polar surface area (TPSA) is 65.4 Å². The first kappa shape index (κ1) is 16.9. The van der Waals surface area contributed by atoms with Crippen molar-refractivity contribution in [2.24, 2.45) is 7.05 Å². The Bertz CT molecular complexity index is 877. The quantitative estimate of drug-likeness (QED) is 0.703. The number of aryl methyl sites for hydroxylation is 2. The molecule has 1 aromatic heterocycles. The summed E-state index contributed by atoms with van der Waals surface area (Å²) >= 11 is 5.88. The molecule has 1 amide bonds. The van der Waals surface area contributed by atoms with Crippen LogP contribution >= 0.6 is 11.6 Å². The second-order valence-electron chi connectivity index (χ2n) is 5.29. The molecule has 3 rings (SSSR count). The monoisotopic (exact) mass is 357 g/mol. The van der Waals surface area contributed by atoms with Crippen molar-refractivity contribution in [1.82, 2.24) is 15.3 Å². The van der Waals surface area contributed by atoms with Crippen LogP contribution in [0.2, 0.25) is 5.02 Å². The Labute approximate surface area is 149 Å². The van der Waals surface area contributed by atoms with Crippen molar-refractivity contribution in [3.05, 3.63) is 70.9 Å². The van der Waals surface area contributed by atoms with E-state index in [2.05, 4.69) is 10.6 Å². The minimum Gasteiger partial charge on any atom is -0.438 e. The Kier molecular flexibility index (Phi) is 4.90. The standard InChI is InChI=1S/C18H16ClN3O3/c1-12-16(17(23)21-25-15-6-4-3-5-7-15)18(22(2)20-12)24-14-10-8-13(19)9-11-14/h3-11H,1-2H3,(H,21,23). The van der Waals surface area contributed by atoms with Gasteiger partial charge in [-0.15, -0.1) is 0 Å².